The molecule has 0 saturated carbocycles. The van der Waals surface area contributed by atoms with Gasteiger partial charge in [-0.25, -0.2) is 0 Å². The zero-order valence-corrected chi connectivity index (χ0v) is 18.1. The van der Waals surface area contributed by atoms with Gasteiger partial charge in [-0.3, -0.25) is 14.5 Å². The predicted octanol–water partition coefficient (Wildman–Crippen LogP) is 3.88. The fraction of sp³-hybridized carbons (Fsp3) is 0.480. The van der Waals surface area contributed by atoms with Crippen molar-refractivity contribution in [1.29, 1.82) is 0 Å². The van der Waals surface area contributed by atoms with Gasteiger partial charge in [-0.2, -0.15) is 5.10 Å². The van der Waals surface area contributed by atoms with E-state index in [1.807, 2.05) is 11.7 Å². The Morgan fingerprint density at radius 3 is 2.03 bits per heavy atom. The van der Waals surface area contributed by atoms with E-state index in [2.05, 4.69) is 68.5 Å². The van der Waals surface area contributed by atoms with E-state index in [1.165, 1.54) is 54.6 Å². The Hall–Kier alpha value is -2.37. The molecule has 0 aliphatic carbocycles. The molecule has 0 bridgehead atoms. The van der Waals surface area contributed by atoms with Gasteiger partial charge in [0.25, 0.3) is 0 Å². The van der Waals surface area contributed by atoms with E-state index >= 15 is 0 Å². The van der Waals surface area contributed by atoms with Crippen molar-refractivity contribution in [3.63, 3.8) is 0 Å². The van der Waals surface area contributed by atoms with Gasteiger partial charge < -0.3 is 4.90 Å². The van der Waals surface area contributed by atoms with E-state index in [-0.39, 0.29) is 0 Å². The molecule has 5 nitrogen and oxygen atoms in total. The van der Waals surface area contributed by atoms with Crippen LogP contribution in [0.5, 0.6) is 0 Å². The number of anilines is 1. The van der Waals surface area contributed by atoms with Crippen molar-refractivity contribution in [2.75, 3.05) is 44.2 Å². The maximum Gasteiger partial charge on any atom is 0.0943 e. The third-order valence-corrected chi connectivity index (χ3v) is 6.63. The van der Waals surface area contributed by atoms with Crippen molar-refractivity contribution in [3.05, 3.63) is 59.8 Å². The minimum atomic E-state index is 1.05. The average molecular weight is 404 g/mol. The van der Waals surface area contributed by atoms with Crippen molar-refractivity contribution in [3.8, 4) is 0 Å². The van der Waals surface area contributed by atoms with Gasteiger partial charge in [0.2, 0.25) is 0 Å². The number of fused-ring (bicyclic) bond motifs is 1. The molecule has 0 radical (unpaired) electrons. The molecule has 2 aliphatic heterocycles. The van der Waals surface area contributed by atoms with Gasteiger partial charge in [0, 0.05) is 63.6 Å². The van der Waals surface area contributed by atoms with Crippen LogP contribution in [-0.2, 0) is 20.1 Å². The van der Waals surface area contributed by atoms with Crippen LogP contribution in [0.15, 0.2) is 48.7 Å². The highest BCUT2D eigenvalue weighted by Gasteiger charge is 2.18. The molecule has 5 heteroatoms. The topological polar surface area (TPSA) is 27.5 Å². The molecule has 0 unspecified atom stereocenters. The third-order valence-electron chi connectivity index (χ3n) is 6.63. The molecule has 2 aromatic carbocycles. The van der Waals surface area contributed by atoms with Crippen LogP contribution in [0, 0.1) is 0 Å². The monoisotopic (exact) mass is 403 g/mol. The van der Waals surface area contributed by atoms with Crippen LogP contribution in [0.1, 0.15) is 30.4 Å². The summed E-state index contributed by atoms with van der Waals surface area (Å²) >= 11 is 0. The van der Waals surface area contributed by atoms with E-state index in [1.54, 1.807) is 0 Å². The standard InChI is InChI=1S/C25H33N5/c1-27-20-23-9-10-24(17-25(23)26-27)30-15-13-29(14-16-30)19-22-7-5-21(6-8-22)18-28-11-3-2-4-12-28/h5-10,17,20H,2-4,11-16,18-19H2,1H3. The maximum absolute atomic E-state index is 4.56. The molecule has 3 heterocycles. The molecule has 2 saturated heterocycles. The number of nitrogens with zero attached hydrogens (tertiary/aromatic N) is 5. The number of benzene rings is 2. The zero-order valence-electron chi connectivity index (χ0n) is 18.1. The maximum atomic E-state index is 4.56. The van der Waals surface area contributed by atoms with E-state index in [4.69, 9.17) is 0 Å². The van der Waals surface area contributed by atoms with Gasteiger partial charge in [0.15, 0.2) is 0 Å². The Bertz CT molecular complexity index is 963. The predicted molar refractivity (Wildman–Crippen MR) is 124 cm³/mol. The molecular weight excluding hydrogens is 370 g/mol. The normalized spacial score (nSPS) is 18.9. The summed E-state index contributed by atoms with van der Waals surface area (Å²) in [6, 6.07) is 16.0. The molecule has 0 N–H and O–H groups in total. The van der Waals surface area contributed by atoms with E-state index in [0.29, 0.717) is 0 Å². The Morgan fingerprint density at radius 1 is 0.733 bits per heavy atom. The first-order chi connectivity index (χ1) is 14.7. The van der Waals surface area contributed by atoms with Crippen LogP contribution >= 0.6 is 0 Å². The quantitative estimate of drug-likeness (QED) is 0.646. The molecule has 0 spiro atoms. The van der Waals surface area contributed by atoms with Gasteiger partial charge in [-0.15, -0.1) is 0 Å². The molecule has 1 aromatic heterocycles. The van der Waals surface area contributed by atoms with Gasteiger partial charge in [-0.1, -0.05) is 30.7 Å². The van der Waals surface area contributed by atoms with Crippen LogP contribution in [0.4, 0.5) is 5.69 Å². The number of rotatable bonds is 5. The summed E-state index contributed by atoms with van der Waals surface area (Å²) < 4.78 is 1.89. The average Bonchev–Trinajstić information content (AvgIpc) is 3.16. The smallest absolute Gasteiger partial charge is 0.0943 e. The largest absolute Gasteiger partial charge is 0.369 e. The third kappa shape index (κ3) is 4.52. The number of piperidine rings is 1. The first-order valence-electron chi connectivity index (χ1n) is 11.4. The number of aromatic nitrogens is 2. The van der Waals surface area contributed by atoms with Gasteiger partial charge >= 0.3 is 0 Å². The Kier molecular flexibility index (Phi) is 5.73. The lowest BCUT2D eigenvalue weighted by Gasteiger charge is -2.36. The van der Waals surface area contributed by atoms with Crippen LogP contribution in [0.25, 0.3) is 10.9 Å². The fourth-order valence-corrected chi connectivity index (χ4v) is 4.87. The van der Waals surface area contributed by atoms with Crippen molar-refractivity contribution in [2.24, 2.45) is 7.05 Å². The minimum Gasteiger partial charge on any atom is -0.369 e. The second-order valence-corrected chi connectivity index (χ2v) is 8.96. The van der Waals surface area contributed by atoms with Gasteiger partial charge in [-0.05, 0) is 55.3 Å². The van der Waals surface area contributed by atoms with Crippen LogP contribution in [0.2, 0.25) is 0 Å². The van der Waals surface area contributed by atoms with Crippen molar-refractivity contribution in [2.45, 2.75) is 32.4 Å². The lowest BCUT2D eigenvalue weighted by Crippen LogP contribution is -2.45. The van der Waals surface area contributed by atoms with Crippen molar-refractivity contribution < 1.29 is 0 Å². The second kappa shape index (κ2) is 8.78. The molecule has 0 atom stereocenters. The molecule has 0 amide bonds. The summed E-state index contributed by atoms with van der Waals surface area (Å²) in [7, 11) is 1.98. The number of likely N-dealkylation sites (tertiary alicyclic amines) is 1. The molecule has 3 aromatic rings. The molecule has 2 aliphatic rings. The Labute approximate surface area is 179 Å². The zero-order chi connectivity index (χ0) is 20.3. The summed E-state index contributed by atoms with van der Waals surface area (Å²) in [6.45, 7) is 9.05. The first kappa shape index (κ1) is 19.6. The fourth-order valence-electron chi connectivity index (χ4n) is 4.87. The van der Waals surface area contributed by atoms with Crippen molar-refractivity contribution in [1.82, 2.24) is 19.6 Å². The van der Waals surface area contributed by atoms with E-state index < -0.39 is 0 Å². The highest BCUT2D eigenvalue weighted by atomic mass is 15.3. The summed E-state index contributed by atoms with van der Waals surface area (Å²) in [5.74, 6) is 0. The highest BCUT2D eigenvalue weighted by molar-refractivity contribution is 5.82. The summed E-state index contributed by atoms with van der Waals surface area (Å²) in [4.78, 5) is 7.67. The molecule has 2 fully saturated rings. The van der Waals surface area contributed by atoms with E-state index in [0.717, 1.165) is 44.8 Å². The lowest BCUT2D eigenvalue weighted by atomic mass is 10.1. The second-order valence-electron chi connectivity index (χ2n) is 8.96. The minimum absolute atomic E-state index is 1.05. The van der Waals surface area contributed by atoms with Crippen LogP contribution in [-0.4, -0.2) is 58.8 Å². The molecular formula is C25H33N5. The Morgan fingerprint density at radius 2 is 1.37 bits per heavy atom. The van der Waals surface area contributed by atoms with Gasteiger partial charge in [0.05, 0.1) is 5.52 Å². The summed E-state index contributed by atoms with van der Waals surface area (Å²) in [5, 5.41) is 5.77. The molecule has 158 valence electrons. The van der Waals surface area contributed by atoms with Crippen molar-refractivity contribution >= 4 is 16.6 Å². The number of hydrogen-bond donors (Lipinski definition) is 0. The summed E-state index contributed by atoms with van der Waals surface area (Å²) in [6.07, 6.45) is 6.20. The molecule has 5 rings (SSSR count). The number of hydrogen-bond acceptors (Lipinski definition) is 4. The molecule has 30 heavy (non-hydrogen) atoms. The Balaban J connectivity index is 1.13. The lowest BCUT2D eigenvalue weighted by molar-refractivity contribution is 0.221. The first-order valence-corrected chi connectivity index (χ1v) is 11.4. The highest BCUT2D eigenvalue weighted by Crippen LogP contribution is 2.23. The van der Waals surface area contributed by atoms with Crippen LogP contribution < -0.4 is 4.90 Å². The van der Waals surface area contributed by atoms with E-state index in [9.17, 15) is 0 Å². The SMILES string of the molecule is Cn1cc2ccc(N3CCN(Cc4ccc(CN5CCCCC5)cc4)CC3)cc2n1. The van der Waals surface area contributed by atoms with Crippen LogP contribution in [0.3, 0.4) is 0 Å². The summed E-state index contributed by atoms with van der Waals surface area (Å²) in [5.41, 5.74) is 5.26. The number of piperazine rings is 1. The van der Waals surface area contributed by atoms with Gasteiger partial charge in [0.1, 0.15) is 0 Å². The number of aryl methyl sites for hydroxylation is 1.